The van der Waals surface area contributed by atoms with Crippen LogP contribution in [0.2, 0.25) is 0 Å². The van der Waals surface area contributed by atoms with Gasteiger partial charge in [0.1, 0.15) is 11.4 Å². The molecule has 2 aliphatic heterocycles. The van der Waals surface area contributed by atoms with Gasteiger partial charge in [0.25, 0.3) is 0 Å². The van der Waals surface area contributed by atoms with Gasteiger partial charge in [-0.05, 0) is 44.0 Å². The lowest BCUT2D eigenvalue weighted by Gasteiger charge is -2.28. The SMILES string of the molecule is CC(C)(O)c1ccc(NC2=C(C(N)=O)CC(c3ccc(N4CCOCC4)nc3)S2)nn1. The Morgan fingerprint density at radius 3 is 2.61 bits per heavy atom. The molecule has 1 atom stereocenters. The van der Waals surface area contributed by atoms with E-state index in [4.69, 9.17) is 10.5 Å². The molecule has 0 radical (unpaired) electrons. The molecule has 1 saturated heterocycles. The number of hydrogen-bond acceptors (Lipinski definition) is 9. The molecule has 1 unspecified atom stereocenters. The highest BCUT2D eigenvalue weighted by Gasteiger charge is 2.30. The normalized spacial score (nSPS) is 19.6. The first-order valence-electron chi connectivity index (χ1n) is 10.1. The number of rotatable bonds is 6. The molecule has 1 amide bonds. The van der Waals surface area contributed by atoms with Gasteiger partial charge in [0.2, 0.25) is 5.91 Å². The molecule has 4 rings (SSSR count). The summed E-state index contributed by atoms with van der Waals surface area (Å²) in [6, 6.07) is 7.48. The van der Waals surface area contributed by atoms with Crippen LogP contribution in [0.4, 0.5) is 11.6 Å². The predicted molar refractivity (Wildman–Crippen MR) is 119 cm³/mol. The third-order valence-electron chi connectivity index (χ3n) is 5.23. The van der Waals surface area contributed by atoms with Gasteiger partial charge >= 0.3 is 0 Å². The Labute approximate surface area is 185 Å². The van der Waals surface area contributed by atoms with E-state index in [1.807, 2.05) is 12.3 Å². The highest BCUT2D eigenvalue weighted by molar-refractivity contribution is 8.03. The van der Waals surface area contributed by atoms with Crippen molar-refractivity contribution in [1.82, 2.24) is 15.2 Å². The fourth-order valence-electron chi connectivity index (χ4n) is 3.45. The summed E-state index contributed by atoms with van der Waals surface area (Å²) < 4.78 is 5.39. The van der Waals surface area contributed by atoms with E-state index >= 15 is 0 Å². The lowest BCUT2D eigenvalue weighted by molar-refractivity contribution is -0.114. The standard InChI is InChI=1S/C21H26N6O3S/c1-21(2,29)16-4-5-17(26-25-16)24-20-14(19(22)28)11-15(31-20)13-3-6-18(23-12-13)27-7-9-30-10-8-27/h3-6,12,15,29H,7-11H2,1-2H3,(H2,22,28)(H,24,26). The Kier molecular flexibility index (Phi) is 6.12. The van der Waals surface area contributed by atoms with Gasteiger partial charge in [0.15, 0.2) is 5.82 Å². The number of pyridine rings is 1. The van der Waals surface area contributed by atoms with E-state index in [1.54, 1.807) is 26.0 Å². The molecule has 2 aliphatic rings. The van der Waals surface area contributed by atoms with Crippen molar-refractivity contribution in [1.29, 1.82) is 0 Å². The number of nitrogens with zero attached hydrogens (tertiary/aromatic N) is 4. The van der Waals surface area contributed by atoms with Crippen LogP contribution in [0.1, 0.15) is 36.8 Å². The van der Waals surface area contributed by atoms with Crippen LogP contribution < -0.4 is 16.0 Å². The van der Waals surface area contributed by atoms with Crippen molar-refractivity contribution in [2.24, 2.45) is 5.73 Å². The zero-order valence-electron chi connectivity index (χ0n) is 17.5. The number of morpholine rings is 1. The van der Waals surface area contributed by atoms with E-state index in [2.05, 4.69) is 31.5 Å². The lowest BCUT2D eigenvalue weighted by atomic mass is 10.1. The lowest BCUT2D eigenvalue weighted by Crippen LogP contribution is -2.36. The van der Waals surface area contributed by atoms with E-state index in [-0.39, 0.29) is 5.25 Å². The number of thioether (sulfide) groups is 1. The molecular formula is C21H26N6O3S. The van der Waals surface area contributed by atoms with Crippen LogP contribution in [-0.4, -0.2) is 52.5 Å². The van der Waals surface area contributed by atoms with E-state index in [0.29, 0.717) is 41.7 Å². The third-order valence-corrected chi connectivity index (χ3v) is 6.54. The quantitative estimate of drug-likeness (QED) is 0.615. The average molecular weight is 443 g/mol. The van der Waals surface area contributed by atoms with Crippen LogP contribution in [0, 0.1) is 0 Å². The van der Waals surface area contributed by atoms with E-state index < -0.39 is 11.5 Å². The molecule has 0 saturated carbocycles. The molecule has 0 aromatic carbocycles. The number of primary amides is 1. The van der Waals surface area contributed by atoms with Crippen LogP contribution >= 0.6 is 11.8 Å². The number of amides is 1. The van der Waals surface area contributed by atoms with E-state index in [1.165, 1.54) is 11.8 Å². The van der Waals surface area contributed by atoms with Crippen molar-refractivity contribution in [2.75, 3.05) is 36.5 Å². The minimum atomic E-state index is -1.07. The van der Waals surface area contributed by atoms with Gasteiger partial charge in [-0.3, -0.25) is 4.79 Å². The molecule has 4 heterocycles. The van der Waals surface area contributed by atoms with Crippen LogP contribution in [0.3, 0.4) is 0 Å². The molecule has 164 valence electrons. The topological polar surface area (TPSA) is 126 Å². The smallest absolute Gasteiger partial charge is 0.247 e. The summed E-state index contributed by atoms with van der Waals surface area (Å²) in [7, 11) is 0. The van der Waals surface area contributed by atoms with Crippen molar-refractivity contribution in [3.05, 3.63) is 52.3 Å². The molecule has 0 spiro atoms. The summed E-state index contributed by atoms with van der Waals surface area (Å²) in [5.41, 5.74) is 6.58. The first kappa shape index (κ1) is 21.5. The zero-order chi connectivity index (χ0) is 22.0. The van der Waals surface area contributed by atoms with Gasteiger partial charge < -0.3 is 25.8 Å². The Hall–Kier alpha value is -2.69. The minimum absolute atomic E-state index is 0.0276. The van der Waals surface area contributed by atoms with Gasteiger partial charge in [-0.15, -0.1) is 5.10 Å². The van der Waals surface area contributed by atoms with Crippen LogP contribution in [0.15, 0.2) is 41.1 Å². The average Bonchev–Trinajstić information content (AvgIpc) is 3.18. The Morgan fingerprint density at radius 1 is 1.26 bits per heavy atom. The first-order valence-corrected chi connectivity index (χ1v) is 11.0. The summed E-state index contributed by atoms with van der Waals surface area (Å²) in [5, 5.41) is 22.1. The number of aliphatic hydroxyl groups is 1. The maximum atomic E-state index is 12.0. The van der Waals surface area contributed by atoms with Gasteiger partial charge in [-0.1, -0.05) is 17.8 Å². The third kappa shape index (κ3) is 4.97. The highest BCUT2D eigenvalue weighted by Crippen LogP contribution is 2.47. The fourth-order valence-corrected chi connectivity index (χ4v) is 4.75. The number of anilines is 2. The van der Waals surface area contributed by atoms with Crippen LogP contribution in [-0.2, 0) is 15.1 Å². The van der Waals surface area contributed by atoms with Crippen molar-refractivity contribution in [2.45, 2.75) is 31.1 Å². The molecule has 0 aliphatic carbocycles. The first-order chi connectivity index (χ1) is 14.8. The highest BCUT2D eigenvalue weighted by atomic mass is 32.2. The van der Waals surface area contributed by atoms with Gasteiger partial charge in [0.05, 0.1) is 23.9 Å². The van der Waals surface area contributed by atoms with Gasteiger partial charge in [-0.2, -0.15) is 5.10 Å². The van der Waals surface area contributed by atoms with Gasteiger partial charge in [0, 0.05) is 30.1 Å². The molecule has 31 heavy (non-hydrogen) atoms. The van der Waals surface area contributed by atoms with Crippen molar-refractivity contribution in [3.63, 3.8) is 0 Å². The molecule has 4 N–H and O–H groups in total. The maximum absolute atomic E-state index is 12.0. The maximum Gasteiger partial charge on any atom is 0.247 e. The number of nitrogens with one attached hydrogen (secondary N) is 1. The summed E-state index contributed by atoms with van der Waals surface area (Å²) >= 11 is 1.52. The molecule has 2 aromatic rings. The molecular weight excluding hydrogens is 416 g/mol. The molecule has 10 heteroatoms. The predicted octanol–water partition coefficient (Wildman–Crippen LogP) is 1.92. The Morgan fingerprint density at radius 2 is 2.03 bits per heavy atom. The second-order valence-corrected chi connectivity index (χ2v) is 9.23. The summed E-state index contributed by atoms with van der Waals surface area (Å²) in [6.45, 7) is 6.38. The Bertz CT molecular complexity index is 966. The van der Waals surface area contributed by atoms with Crippen LogP contribution in [0.5, 0.6) is 0 Å². The van der Waals surface area contributed by atoms with Crippen LogP contribution in [0.25, 0.3) is 0 Å². The molecule has 2 aromatic heterocycles. The molecule has 9 nitrogen and oxygen atoms in total. The summed E-state index contributed by atoms with van der Waals surface area (Å²) in [4.78, 5) is 18.8. The minimum Gasteiger partial charge on any atom is -0.384 e. The summed E-state index contributed by atoms with van der Waals surface area (Å²) in [6.07, 6.45) is 2.37. The van der Waals surface area contributed by atoms with Crippen molar-refractivity contribution in [3.8, 4) is 0 Å². The number of carbonyl (C=O) groups is 1. The van der Waals surface area contributed by atoms with Gasteiger partial charge in [-0.25, -0.2) is 4.98 Å². The van der Waals surface area contributed by atoms with Crippen molar-refractivity contribution < 1.29 is 14.6 Å². The zero-order valence-corrected chi connectivity index (χ0v) is 18.4. The number of hydrogen-bond donors (Lipinski definition) is 3. The fraction of sp³-hybridized carbons (Fsp3) is 0.429. The summed E-state index contributed by atoms with van der Waals surface area (Å²) in [5.74, 6) is 0.950. The number of ether oxygens (including phenoxy) is 1. The molecule has 1 fully saturated rings. The monoisotopic (exact) mass is 442 g/mol. The molecule has 0 bridgehead atoms. The number of carbonyl (C=O) groups excluding carboxylic acids is 1. The Balaban J connectivity index is 1.46. The largest absolute Gasteiger partial charge is 0.384 e. The van der Waals surface area contributed by atoms with E-state index in [0.717, 1.165) is 24.5 Å². The number of nitrogens with two attached hydrogens (primary N) is 1. The second-order valence-electron chi connectivity index (χ2n) is 8.02. The second kappa shape index (κ2) is 8.81. The number of aromatic nitrogens is 3. The van der Waals surface area contributed by atoms with E-state index in [9.17, 15) is 9.90 Å². The van der Waals surface area contributed by atoms with Crippen molar-refractivity contribution >= 4 is 29.3 Å².